The molecule has 2 aromatic rings. The molecule has 1 unspecified atom stereocenters. The zero-order chi connectivity index (χ0) is 20.0. The minimum Gasteiger partial charge on any atom is -0.482 e. The summed E-state index contributed by atoms with van der Waals surface area (Å²) in [5.74, 6) is -0.251. The molecule has 0 radical (unpaired) electrons. The number of hydrogen-bond donors (Lipinski definition) is 1. The van der Waals surface area contributed by atoms with Crippen molar-refractivity contribution in [2.45, 2.75) is 39.7 Å². The van der Waals surface area contributed by atoms with Gasteiger partial charge in [0.2, 0.25) is 0 Å². The van der Waals surface area contributed by atoms with Crippen LogP contribution in [0.5, 0.6) is 5.75 Å². The number of thiophene rings is 1. The summed E-state index contributed by atoms with van der Waals surface area (Å²) in [4.78, 5) is 24.2. The summed E-state index contributed by atoms with van der Waals surface area (Å²) in [6.07, 6.45) is -1.00. The Morgan fingerprint density at radius 3 is 2.67 bits per heavy atom. The predicted molar refractivity (Wildman–Crippen MR) is 104 cm³/mol. The quantitative estimate of drug-likeness (QED) is 0.727. The number of nitriles is 1. The van der Waals surface area contributed by atoms with Crippen LogP contribution in [-0.4, -0.2) is 24.6 Å². The molecule has 142 valence electrons. The second kappa shape index (κ2) is 9.19. The number of nitrogens with zero attached hydrogens (tertiary/aromatic N) is 1. The molecule has 2 rings (SSSR count). The first-order valence-electron chi connectivity index (χ1n) is 8.53. The monoisotopic (exact) mass is 386 g/mol. The number of nitrogens with one attached hydrogen (secondary N) is 1. The van der Waals surface area contributed by atoms with Crippen LogP contribution >= 0.6 is 11.3 Å². The first-order valence-corrected chi connectivity index (χ1v) is 9.41. The molecule has 1 aromatic carbocycles. The topological polar surface area (TPSA) is 88.4 Å². The number of carbonyl (C=O) groups is 2. The predicted octanol–water partition coefficient (Wildman–Crippen LogP) is 4.00. The van der Waals surface area contributed by atoms with Gasteiger partial charge < -0.3 is 14.8 Å². The van der Waals surface area contributed by atoms with Crippen molar-refractivity contribution >= 4 is 28.2 Å². The van der Waals surface area contributed by atoms with Crippen LogP contribution in [0.2, 0.25) is 0 Å². The van der Waals surface area contributed by atoms with E-state index in [1.807, 2.05) is 45.0 Å². The SMILES string of the molecule is Cc1ccc(C(C)C)c(OCC(=O)OC(C)C(=O)Nc2sccc2C#N)c1. The van der Waals surface area contributed by atoms with E-state index in [4.69, 9.17) is 14.7 Å². The van der Waals surface area contributed by atoms with E-state index in [0.29, 0.717) is 16.3 Å². The molecular weight excluding hydrogens is 364 g/mol. The van der Waals surface area contributed by atoms with Crippen molar-refractivity contribution < 1.29 is 19.1 Å². The highest BCUT2D eigenvalue weighted by atomic mass is 32.1. The van der Waals surface area contributed by atoms with Crippen LogP contribution in [0.25, 0.3) is 0 Å². The molecule has 27 heavy (non-hydrogen) atoms. The highest BCUT2D eigenvalue weighted by molar-refractivity contribution is 7.14. The molecule has 1 amide bonds. The molecule has 6 nitrogen and oxygen atoms in total. The second-order valence-electron chi connectivity index (χ2n) is 6.38. The summed E-state index contributed by atoms with van der Waals surface area (Å²) in [6.45, 7) is 7.22. The fraction of sp³-hybridized carbons (Fsp3) is 0.350. The minimum atomic E-state index is -1.00. The standard InChI is InChI=1S/C20H22N2O4S/c1-12(2)16-6-5-13(3)9-17(16)25-11-18(23)26-14(4)19(24)22-20-15(10-21)7-8-27-20/h5-9,12,14H,11H2,1-4H3,(H,22,24). The van der Waals surface area contributed by atoms with E-state index in [9.17, 15) is 9.59 Å². The van der Waals surface area contributed by atoms with Gasteiger partial charge in [-0.3, -0.25) is 4.79 Å². The molecule has 0 saturated heterocycles. The van der Waals surface area contributed by atoms with E-state index in [-0.39, 0.29) is 12.5 Å². The van der Waals surface area contributed by atoms with Crippen molar-refractivity contribution in [3.8, 4) is 11.8 Å². The molecule has 0 aliphatic heterocycles. The molecule has 0 spiro atoms. The van der Waals surface area contributed by atoms with Gasteiger partial charge in [0, 0.05) is 0 Å². The molecule has 1 heterocycles. The Hall–Kier alpha value is -2.85. The Kier molecular flexibility index (Phi) is 6.97. The first kappa shape index (κ1) is 20.5. The lowest BCUT2D eigenvalue weighted by Gasteiger charge is -2.16. The lowest BCUT2D eigenvalue weighted by Crippen LogP contribution is -2.31. The lowest BCUT2D eigenvalue weighted by atomic mass is 10.0. The maximum absolute atomic E-state index is 12.1. The summed E-state index contributed by atoms with van der Waals surface area (Å²) in [5.41, 5.74) is 2.40. The Morgan fingerprint density at radius 1 is 1.26 bits per heavy atom. The largest absolute Gasteiger partial charge is 0.482 e. The molecule has 0 bridgehead atoms. The van der Waals surface area contributed by atoms with Crippen LogP contribution in [0, 0.1) is 18.3 Å². The van der Waals surface area contributed by atoms with Crippen LogP contribution in [0.4, 0.5) is 5.00 Å². The smallest absolute Gasteiger partial charge is 0.344 e. The molecule has 1 atom stereocenters. The Balaban J connectivity index is 1.91. The van der Waals surface area contributed by atoms with Crippen molar-refractivity contribution in [2.75, 3.05) is 11.9 Å². The third-order valence-electron chi connectivity index (χ3n) is 3.84. The van der Waals surface area contributed by atoms with Gasteiger partial charge in [-0.25, -0.2) is 4.79 Å². The zero-order valence-electron chi connectivity index (χ0n) is 15.7. The maximum Gasteiger partial charge on any atom is 0.344 e. The summed E-state index contributed by atoms with van der Waals surface area (Å²) in [5, 5.41) is 13.7. The number of benzene rings is 1. The van der Waals surface area contributed by atoms with E-state index < -0.39 is 18.0 Å². The van der Waals surface area contributed by atoms with Gasteiger partial charge in [0.15, 0.2) is 12.7 Å². The van der Waals surface area contributed by atoms with Gasteiger partial charge >= 0.3 is 5.97 Å². The molecule has 1 aromatic heterocycles. The van der Waals surface area contributed by atoms with Gasteiger partial charge in [0.1, 0.15) is 16.8 Å². The molecule has 0 aliphatic carbocycles. The normalized spacial score (nSPS) is 11.6. The fourth-order valence-corrected chi connectivity index (χ4v) is 3.11. The number of hydrogen-bond acceptors (Lipinski definition) is 6. The average molecular weight is 386 g/mol. The van der Waals surface area contributed by atoms with E-state index in [0.717, 1.165) is 11.1 Å². The summed E-state index contributed by atoms with van der Waals surface area (Å²) in [6, 6.07) is 9.44. The third-order valence-corrected chi connectivity index (χ3v) is 4.67. The average Bonchev–Trinajstić information content (AvgIpc) is 3.06. The van der Waals surface area contributed by atoms with E-state index >= 15 is 0 Å². The number of amides is 1. The Morgan fingerprint density at radius 2 is 2.00 bits per heavy atom. The second-order valence-corrected chi connectivity index (χ2v) is 7.30. The summed E-state index contributed by atoms with van der Waals surface area (Å²) >= 11 is 1.23. The molecule has 1 N–H and O–H groups in total. The van der Waals surface area contributed by atoms with Gasteiger partial charge in [0.25, 0.3) is 5.91 Å². The number of anilines is 1. The molecular formula is C20H22N2O4S. The van der Waals surface area contributed by atoms with Gasteiger partial charge in [-0.2, -0.15) is 5.26 Å². The summed E-state index contributed by atoms with van der Waals surface area (Å²) < 4.78 is 10.7. The van der Waals surface area contributed by atoms with Gasteiger partial charge in [-0.1, -0.05) is 26.0 Å². The Labute approximate surface area is 162 Å². The van der Waals surface area contributed by atoms with E-state index in [2.05, 4.69) is 5.32 Å². The van der Waals surface area contributed by atoms with Gasteiger partial charge in [-0.05, 0) is 48.4 Å². The van der Waals surface area contributed by atoms with Crippen LogP contribution in [0.15, 0.2) is 29.6 Å². The fourth-order valence-electron chi connectivity index (χ4n) is 2.37. The lowest BCUT2D eigenvalue weighted by molar-refractivity contribution is -0.155. The van der Waals surface area contributed by atoms with Gasteiger partial charge in [0.05, 0.1) is 5.56 Å². The van der Waals surface area contributed by atoms with Crippen LogP contribution in [-0.2, 0) is 14.3 Å². The van der Waals surface area contributed by atoms with E-state index in [1.165, 1.54) is 18.3 Å². The number of esters is 1. The van der Waals surface area contributed by atoms with Crippen molar-refractivity contribution in [3.05, 3.63) is 46.3 Å². The number of rotatable bonds is 7. The number of carbonyl (C=O) groups excluding carboxylic acids is 2. The van der Waals surface area contributed by atoms with Gasteiger partial charge in [-0.15, -0.1) is 11.3 Å². The maximum atomic E-state index is 12.1. The third kappa shape index (κ3) is 5.56. The molecule has 7 heteroatoms. The highest BCUT2D eigenvalue weighted by Gasteiger charge is 2.20. The number of ether oxygens (including phenoxy) is 2. The van der Waals surface area contributed by atoms with Crippen LogP contribution < -0.4 is 10.1 Å². The molecule has 0 fully saturated rings. The van der Waals surface area contributed by atoms with E-state index in [1.54, 1.807) is 11.4 Å². The van der Waals surface area contributed by atoms with Crippen LogP contribution in [0.1, 0.15) is 43.4 Å². The zero-order valence-corrected chi connectivity index (χ0v) is 16.6. The molecule has 0 saturated carbocycles. The first-order chi connectivity index (χ1) is 12.8. The number of aryl methyl sites for hydroxylation is 1. The Bertz CT molecular complexity index is 867. The molecule has 0 aliphatic rings. The minimum absolute atomic E-state index is 0.251. The van der Waals surface area contributed by atoms with Crippen molar-refractivity contribution in [2.24, 2.45) is 0 Å². The van der Waals surface area contributed by atoms with Crippen molar-refractivity contribution in [3.63, 3.8) is 0 Å². The van der Waals surface area contributed by atoms with Crippen LogP contribution in [0.3, 0.4) is 0 Å². The summed E-state index contributed by atoms with van der Waals surface area (Å²) in [7, 11) is 0. The van der Waals surface area contributed by atoms with Crippen molar-refractivity contribution in [1.82, 2.24) is 0 Å². The van der Waals surface area contributed by atoms with Crippen molar-refractivity contribution in [1.29, 1.82) is 5.26 Å². The highest BCUT2D eigenvalue weighted by Crippen LogP contribution is 2.27.